The lowest BCUT2D eigenvalue weighted by atomic mass is 9.86. The van der Waals surface area contributed by atoms with Gasteiger partial charge >= 0.3 is 0 Å². The number of carbonyl (C=O) groups excluding carboxylic acids is 1. The molecule has 0 fully saturated rings. The highest BCUT2D eigenvalue weighted by atomic mass is 32.2. The summed E-state index contributed by atoms with van der Waals surface area (Å²) < 4.78 is 29.7. The van der Waals surface area contributed by atoms with Gasteiger partial charge in [0.2, 0.25) is 0 Å². The van der Waals surface area contributed by atoms with E-state index in [0.717, 1.165) is 12.0 Å². The maximum Gasteiger partial charge on any atom is 0.276 e. The number of fused-ring (bicyclic) bond motifs is 1. The number of sulfone groups is 1. The Labute approximate surface area is 147 Å². The number of carbonyl (C=O) groups is 1. The molecule has 0 saturated carbocycles. The van der Waals surface area contributed by atoms with Crippen molar-refractivity contribution in [3.63, 3.8) is 0 Å². The zero-order chi connectivity index (χ0) is 18.0. The third-order valence-corrected chi connectivity index (χ3v) is 5.18. The summed E-state index contributed by atoms with van der Waals surface area (Å²) in [7, 11) is -3.36. The number of hydrogen-bond donors (Lipinski definition) is 0. The lowest BCUT2D eigenvalue weighted by Crippen LogP contribution is -2.16. The van der Waals surface area contributed by atoms with Crippen LogP contribution in [0.2, 0.25) is 0 Å². The quantitative estimate of drug-likeness (QED) is 0.823. The van der Waals surface area contributed by atoms with E-state index in [-0.39, 0.29) is 16.7 Å². The molecule has 2 aromatic carbocycles. The van der Waals surface area contributed by atoms with Crippen LogP contribution in [-0.2, 0) is 9.84 Å². The van der Waals surface area contributed by atoms with Crippen LogP contribution in [0.5, 0.6) is 5.75 Å². The van der Waals surface area contributed by atoms with Gasteiger partial charge in [-0.3, -0.25) is 4.79 Å². The second-order valence-electron chi connectivity index (χ2n) is 5.97. The minimum Gasteiger partial charge on any atom is -0.493 e. The molecule has 1 amide bonds. The van der Waals surface area contributed by atoms with Gasteiger partial charge in [-0.2, -0.15) is 0 Å². The van der Waals surface area contributed by atoms with E-state index in [1.807, 2.05) is 19.1 Å². The van der Waals surface area contributed by atoms with Gasteiger partial charge in [0, 0.05) is 29.5 Å². The fourth-order valence-electron chi connectivity index (χ4n) is 2.85. The summed E-state index contributed by atoms with van der Waals surface area (Å²) in [6.07, 6.45) is 3.57. The summed E-state index contributed by atoms with van der Waals surface area (Å²) >= 11 is 0. The maximum absolute atomic E-state index is 12.0. The van der Waals surface area contributed by atoms with Gasteiger partial charge in [-0.15, -0.1) is 0 Å². The molecule has 130 valence electrons. The monoisotopic (exact) mass is 357 g/mol. The van der Waals surface area contributed by atoms with Crippen molar-refractivity contribution < 1.29 is 17.9 Å². The van der Waals surface area contributed by atoms with Crippen LogP contribution < -0.4 is 4.74 Å². The van der Waals surface area contributed by atoms with Crippen LogP contribution in [0.15, 0.2) is 52.4 Å². The van der Waals surface area contributed by atoms with E-state index >= 15 is 0 Å². The highest BCUT2D eigenvalue weighted by Crippen LogP contribution is 2.36. The molecule has 0 saturated heterocycles. The SMILES string of the molecule is CCCOc1ccc(S(C)(=O)=O)cc1C1C=NC(=O)c2ccccc21. The summed E-state index contributed by atoms with van der Waals surface area (Å²) in [5, 5.41) is 0. The Morgan fingerprint density at radius 2 is 1.88 bits per heavy atom. The summed E-state index contributed by atoms with van der Waals surface area (Å²) in [6.45, 7) is 2.52. The van der Waals surface area contributed by atoms with E-state index in [0.29, 0.717) is 23.5 Å². The summed E-state index contributed by atoms with van der Waals surface area (Å²) in [6, 6.07) is 12.1. The van der Waals surface area contributed by atoms with E-state index in [4.69, 9.17) is 4.74 Å². The van der Waals surface area contributed by atoms with E-state index in [9.17, 15) is 13.2 Å². The van der Waals surface area contributed by atoms with Crippen molar-refractivity contribution in [1.29, 1.82) is 0 Å². The Morgan fingerprint density at radius 1 is 1.12 bits per heavy atom. The second kappa shape index (κ2) is 6.80. The predicted octanol–water partition coefficient (Wildman–Crippen LogP) is 3.24. The number of benzene rings is 2. The smallest absolute Gasteiger partial charge is 0.276 e. The number of amides is 1. The van der Waals surface area contributed by atoms with E-state index < -0.39 is 9.84 Å². The summed E-state index contributed by atoms with van der Waals surface area (Å²) in [5.41, 5.74) is 2.02. The van der Waals surface area contributed by atoms with E-state index in [1.165, 1.54) is 6.26 Å². The van der Waals surface area contributed by atoms with Crippen LogP contribution in [-0.4, -0.2) is 33.4 Å². The van der Waals surface area contributed by atoms with Crippen molar-refractivity contribution in [1.82, 2.24) is 0 Å². The van der Waals surface area contributed by atoms with E-state index in [2.05, 4.69) is 4.99 Å². The normalized spacial score (nSPS) is 16.6. The molecule has 25 heavy (non-hydrogen) atoms. The Hall–Kier alpha value is -2.47. The van der Waals surface area contributed by atoms with Crippen LogP contribution in [0.4, 0.5) is 0 Å². The largest absolute Gasteiger partial charge is 0.493 e. The average molecular weight is 357 g/mol. The van der Waals surface area contributed by atoms with Crippen LogP contribution >= 0.6 is 0 Å². The first kappa shape index (κ1) is 17.4. The standard InChI is InChI=1S/C19H19NO4S/c1-3-10-24-18-9-8-13(25(2,22)23)11-16(18)17-12-20-19(21)15-7-5-4-6-14(15)17/h4-9,11-12,17H,3,10H2,1-2H3. The fourth-order valence-corrected chi connectivity index (χ4v) is 3.50. The molecule has 1 atom stereocenters. The molecule has 0 N–H and O–H groups in total. The molecular formula is C19H19NO4S. The third-order valence-electron chi connectivity index (χ3n) is 4.07. The highest BCUT2D eigenvalue weighted by Gasteiger charge is 2.26. The number of hydrogen-bond acceptors (Lipinski definition) is 4. The van der Waals surface area contributed by atoms with Crippen molar-refractivity contribution in [2.75, 3.05) is 12.9 Å². The van der Waals surface area contributed by atoms with Gasteiger partial charge in [0.15, 0.2) is 9.84 Å². The molecule has 3 rings (SSSR count). The molecule has 1 aliphatic rings. The molecule has 1 aliphatic heterocycles. The Kier molecular flexibility index (Phi) is 4.72. The average Bonchev–Trinajstić information content (AvgIpc) is 2.60. The Balaban J connectivity index is 2.17. The summed E-state index contributed by atoms with van der Waals surface area (Å²) in [5.74, 6) is -0.0144. The van der Waals surface area contributed by atoms with Crippen molar-refractivity contribution in [3.8, 4) is 5.75 Å². The lowest BCUT2D eigenvalue weighted by Gasteiger charge is -2.22. The zero-order valence-electron chi connectivity index (χ0n) is 14.1. The highest BCUT2D eigenvalue weighted by molar-refractivity contribution is 7.90. The topological polar surface area (TPSA) is 72.8 Å². The first-order chi connectivity index (χ1) is 11.9. The molecule has 5 nitrogen and oxygen atoms in total. The molecule has 0 spiro atoms. The number of aliphatic imine (C=N–C) groups is 1. The summed E-state index contributed by atoms with van der Waals surface area (Å²) in [4.78, 5) is 16.2. The van der Waals surface area contributed by atoms with Crippen LogP contribution in [0, 0.1) is 0 Å². The van der Waals surface area contributed by atoms with Crippen LogP contribution in [0.1, 0.15) is 40.7 Å². The van der Waals surface area contributed by atoms with Gasteiger partial charge in [-0.1, -0.05) is 25.1 Å². The number of rotatable bonds is 5. The molecule has 1 heterocycles. The Bertz CT molecular complexity index is 948. The minimum atomic E-state index is -3.36. The van der Waals surface area contributed by atoms with Crippen molar-refractivity contribution in [2.24, 2.45) is 4.99 Å². The molecule has 0 radical (unpaired) electrons. The van der Waals surface area contributed by atoms with Gasteiger partial charge < -0.3 is 4.74 Å². The van der Waals surface area contributed by atoms with Gasteiger partial charge in [0.1, 0.15) is 5.75 Å². The number of nitrogens with zero attached hydrogens (tertiary/aromatic N) is 1. The molecule has 0 bridgehead atoms. The van der Waals surface area contributed by atoms with Gasteiger partial charge in [0.05, 0.1) is 11.5 Å². The third kappa shape index (κ3) is 3.49. The molecule has 1 unspecified atom stereocenters. The molecule has 0 aromatic heterocycles. The predicted molar refractivity (Wildman–Crippen MR) is 96.4 cm³/mol. The van der Waals surface area contributed by atoms with Gasteiger partial charge in [-0.05, 0) is 36.2 Å². The van der Waals surface area contributed by atoms with Crippen molar-refractivity contribution in [3.05, 3.63) is 59.2 Å². The lowest BCUT2D eigenvalue weighted by molar-refractivity contribution is 0.1000. The minimum absolute atomic E-state index is 0.217. The molecule has 2 aromatic rings. The van der Waals surface area contributed by atoms with Gasteiger partial charge in [0.25, 0.3) is 5.91 Å². The van der Waals surface area contributed by atoms with E-state index in [1.54, 1.807) is 36.5 Å². The van der Waals surface area contributed by atoms with Crippen molar-refractivity contribution >= 4 is 22.0 Å². The van der Waals surface area contributed by atoms with Crippen LogP contribution in [0.3, 0.4) is 0 Å². The number of ether oxygens (including phenoxy) is 1. The molecule has 6 heteroatoms. The van der Waals surface area contributed by atoms with Crippen LogP contribution in [0.25, 0.3) is 0 Å². The van der Waals surface area contributed by atoms with Crippen molar-refractivity contribution in [2.45, 2.75) is 24.2 Å². The first-order valence-electron chi connectivity index (χ1n) is 8.06. The zero-order valence-corrected chi connectivity index (χ0v) is 14.9. The second-order valence-corrected chi connectivity index (χ2v) is 7.98. The maximum atomic E-state index is 12.0. The first-order valence-corrected chi connectivity index (χ1v) is 9.95. The van der Waals surface area contributed by atoms with Gasteiger partial charge in [-0.25, -0.2) is 13.4 Å². The molecular weight excluding hydrogens is 338 g/mol. The fraction of sp³-hybridized carbons (Fsp3) is 0.263. The Morgan fingerprint density at radius 3 is 2.60 bits per heavy atom. The molecule has 0 aliphatic carbocycles.